The van der Waals surface area contributed by atoms with Crippen LogP contribution in [0.2, 0.25) is 0 Å². The summed E-state index contributed by atoms with van der Waals surface area (Å²) in [4.78, 5) is 24.4. The van der Waals surface area contributed by atoms with Crippen LogP contribution in [0.3, 0.4) is 0 Å². The number of sulfonamides is 1. The zero-order chi connectivity index (χ0) is 28.2. The lowest BCUT2D eigenvalue weighted by Gasteiger charge is -2.23. The fraction of sp³-hybridized carbons (Fsp3) is 0.360. The van der Waals surface area contributed by atoms with Gasteiger partial charge in [-0.2, -0.15) is 17.5 Å². The molecule has 1 spiro atoms. The number of aromatic nitrogens is 3. The smallest absolute Gasteiger partial charge is 0.298 e. The summed E-state index contributed by atoms with van der Waals surface area (Å²) in [5.41, 5.74) is -1.82. The highest BCUT2D eigenvalue weighted by Gasteiger charge is 2.75. The van der Waals surface area contributed by atoms with E-state index in [9.17, 15) is 39.6 Å². The molecular weight excluding hydrogens is 550 g/mol. The Bertz CT molecular complexity index is 1510. The standard InChI is InChI=1S/C25H20F6N4O3S/c26-16-2-5-18(6-3-16)39(37,38)35-13-23(12-24(23,27)28)10-20(35)21(36)7-4-17-9-19(34-14-33-17)15-1-8-22(32-11-15)25(29,30)31/h1-3,5-6,8-9,11,14,20H,4,7,10,12-13H2/t20-,23+/m0/s1. The lowest BCUT2D eigenvalue weighted by Crippen LogP contribution is -2.40. The molecule has 3 aromatic rings. The van der Waals surface area contributed by atoms with Gasteiger partial charge < -0.3 is 0 Å². The van der Waals surface area contributed by atoms with E-state index in [1.165, 1.54) is 12.1 Å². The average molecular weight is 571 g/mol. The van der Waals surface area contributed by atoms with Crippen LogP contribution < -0.4 is 0 Å². The maximum absolute atomic E-state index is 14.2. The van der Waals surface area contributed by atoms with Crippen molar-refractivity contribution >= 4 is 15.8 Å². The van der Waals surface area contributed by atoms with E-state index in [-0.39, 0.29) is 35.4 Å². The highest BCUT2D eigenvalue weighted by Crippen LogP contribution is 2.66. The lowest BCUT2D eigenvalue weighted by molar-refractivity contribution is -0.141. The highest BCUT2D eigenvalue weighted by atomic mass is 32.2. The van der Waals surface area contributed by atoms with E-state index in [0.29, 0.717) is 5.69 Å². The van der Waals surface area contributed by atoms with Gasteiger partial charge >= 0.3 is 6.18 Å². The predicted molar refractivity (Wildman–Crippen MR) is 124 cm³/mol. The second-order valence-corrected chi connectivity index (χ2v) is 11.6. The number of carbonyl (C=O) groups excluding carboxylic acids is 1. The van der Waals surface area contributed by atoms with Crippen LogP contribution in [0.25, 0.3) is 11.3 Å². The largest absolute Gasteiger partial charge is 0.433 e. The van der Waals surface area contributed by atoms with Gasteiger partial charge in [0.25, 0.3) is 5.92 Å². The van der Waals surface area contributed by atoms with Crippen LogP contribution in [-0.4, -0.2) is 52.0 Å². The first-order valence-corrected chi connectivity index (χ1v) is 13.2. The summed E-state index contributed by atoms with van der Waals surface area (Å²) in [6.45, 7) is -0.533. The number of benzene rings is 1. The zero-order valence-corrected chi connectivity index (χ0v) is 20.8. The van der Waals surface area contributed by atoms with Crippen LogP contribution in [0.4, 0.5) is 26.3 Å². The van der Waals surface area contributed by atoms with Crippen molar-refractivity contribution in [3.8, 4) is 11.3 Å². The van der Waals surface area contributed by atoms with E-state index in [2.05, 4.69) is 15.0 Å². The average Bonchev–Trinajstić information content (AvgIpc) is 3.20. The van der Waals surface area contributed by atoms with Crippen molar-refractivity contribution in [1.29, 1.82) is 0 Å². The molecule has 5 rings (SSSR count). The minimum Gasteiger partial charge on any atom is -0.298 e. The summed E-state index contributed by atoms with van der Waals surface area (Å²) in [6.07, 6.45) is -3.53. The van der Waals surface area contributed by atoms with E-state index in [1.807, 2.05) is 0 Å². The topological polar surface area (TPSA) is 93.1 Å². The minimum atomic E-state index is -4.60. The van der Waals surface area contributed by atoms with Crippen molar-refractivity contribution < 1.29 is 39.6 Å². The summed E-state index contributed by atoms with van der Waals surface area (Å²) in [6, 6.07) is 6.01. The van der Waals surface area contributed by atoms with Crippen LogP contribution in [0.15, 0.2) is 59.9 Å². The molecule has 39 heavy (non-hydrogen) atoms. The second-order valence-electron chi connectivity index (χ2n) is 9.68. The van der Waals surface area contributed by atoms with Crippen LogP contribution >= 0.6 is 0 Å². The number of ketones is 1. The quantitative estimate of drug-likeness (QED) is 0.383. The number of nitrogens with zero attached hydrogens (tertiary/aromatic N) is 4. The van der Waals surface area contributed by atoms with Crippen LogP contribution in [0, 0.1) is 11.2 Å². The molecule has 2 aromatic heterocycles. The van der Waals surface area contributed by atoms with Crippen molar-refractivity contribution in [2.75, 3.05) is 6.54 Å². The normalized spacial score (nSPS) is 22.8. The molecule has 0 unspecified atom stereocenters. The molecule has 0 N–H and O–H groups in total. The van der Waals surface area contributed by atoms with E-state index in [4.69, 9.17) is 0 Å². The summed E-state index contributed by atoms with van der Waals surface area (Å²) < 4.78 is 107. The zero-order valence-electron chi connectivity index (χ0n) is 20.0. The lowest BCUT2D eigenvalue weighted by atomic mass is 9.97. The molecule has 206 valence electrons. The molecule has 2 aliphatic rings. The molecular formula is C25H20F6N4O3S. The number of pyridine rings is 1. The van der Waals surface area contributed by atoms with Crippen LogP contribution in [0.1, 0.15) is 30.7 Å². The molecule has 0 amide bonds. The Labute approximate surface area is 219 Å². The fourth-order valence-electron chi connectivity index (χ4n) is 4.81. The fourth-order valence-corrected chi connectivity index (χ4v) is 6.51. The summed E-state index contributed by atoms with van der Waals surface area (Å²) in [5.74, 6) is -4.36. The Kier molecular flexibility index (Phi) is 6.53. The number of hydrogen-bond donors (Lipinski definition) is 0. The third-order valence-electron chi connectivity index (χ3n) is 7.09. The third-order valence-corrected chi connectivity index (χ3v) is 8.96. The second kappa shape index (κ2) is 9.37. The molecule has 2 fully saturated rings. The van der Waals surface area contributed by atoms with E-state index < -0.39 is 63.8 Å². The molecule has 14 heteroatoms. The molecule has 1 saturated carbocycles. The van der Waals surface area contributed by atoms with Gasteiger partial charge in [-0.15, -0.1) is 0 Å². The SMILES string of the molecule is O=C(CCc1cc(-c2ccc(C(F)(F)F)nc2)ncn1)[C@@H]1C[C@]2(CN1S(=O)(=O)c1ccc(F)cc1)CC2(F)F. The number of hydrogen-bond acceptors (Lipinski definition) is 6. The summed E-state index contributed by atoms with van der Waals surface area (Å²) >= 11 is 0. The van der Waals surface area contributed by atoms with Gasteiger partial charge in [0, 0.05) is 36.8 Å². The maximum Gasteiger partial charge on any atom is 0.433 e. The molecule has 0 bridgehead atoms. The van der Waals surface area contributed by atoms with Crippen molar-refractivity contribution in [2.45, 2.75) is 48.7 Å². The van der Waals surface area contributed by atoms with Crippen molar-refractivity contribution in [3.05, 3.63) is 72.2 Å². The predicted octanol–water partition coefficient (Wildman–Crippen LogP) is 4.69. The third kappa shape index (κ3) is 5.14. The molecule has 3 heterocycles. The highest BCUT2D eigenvalue weighted by molar-refractivity contribution is 7.89. The Hall–Kier alpha value is -3.39. The van der Waals surface area contributed by atoms with Gasteiger partial charge in [-0.3, -0.25) is 9.78 Å². The Morgan fingerprint density at radius 1 is 1.05 bits per heavy atom. The summed E-state index contributed by atoms with van der Waals surface area (Å²) in [5, 5.41) is 0. The number of carbonyl (C=O) groups is 1. The number of halogens is 6. The maximum atomic E-state index is 14.2. The van der Waals surface area contributed by atoms with Crippen molar-refractivity contribution in [2.24, 2.45) is 5.41 Å². The Morgan fingerprint density at radius 3 is 2.33 bits per heavy atom. The molecule has 7 nitrogen and oxygen atoms in total. The molecule has 0 radical (unpaired) electrons. The number of Topliss-reactive ketones (excluding diaryl/α,β-unsaturated/α-hetero) is 1. The Balaban J connectivity index is 1.33. The van der Waals surface area contributed by atoms with E-state index in [0.717, 1.165) is 47.2 Å². The molecule has 1 aliphatic carbocycles. The number of rotatable bonds is 7. The van der Waals surface area contributed by atoms with Crippen LogP contribution in [0.5, 0.6) is 0 Å². The van der Waals surface area contributed by atoms with Gasteiger partial charge in [0.05, 0.1) is 22.0 Å². The molecule has 1 aromatic carbocycles. The minimum absolute atomic E-state index is 0.00669. The number of aryl methyl sites for hydroxylation is 1. The van der Waals surface area contributed by atoms with E-state index >= 15 is 0 Å². The number of alkyl halides is 5. The summed E-state index contributed by atoms with van der Waals surface area (Å²) in [7, 11) is -4.37. The molecule has 1 saturated heterocycles. The first-order chi connectivity index (χ1) is 18.2. The molecule has 1 aliphatic heterocycles. The van der Waals surface area contributed by atoms with Crippen LogP contribution in [-0.2, 0) is 27.4 Å². The van der Waals surface area contributed by atoms with Gasteiger partial charge in [0.2, 0.25) is 10.0 Å². The Morgan fingerprint density at radius 2 is 1.74 bits per heavy atom. The van der Waals surface area contributed by atoms with Crippen molar-refractivity contribution in [3.63, 3.8) is 0 Å². The van der Waals surface area contributed by atoms with Gasteiger partial charge in [-0.25, -0.2) is 31.6 Å². The van der Waals surface area contributed by atoms with Crippen molar-refractivity contribution in [1.82, 2.24) is 19.3 Å². The first kappa shape index (κ1) is 27.2. The van der Waals surface area contributed by atoms with Gasteiger partial charge in [0.1, 0.15) is 17.8 Å². The van der Waals surface area contributed by atoms with Gasteiger partial charge in [-0.05, 0) is 55.3 Å². The monoisotopic (exact) mass is 570 g/mol. The van der Waals surface area contributed by atoms with Gasteiger partial charge in [-0.1, -0.05) is 0 Å². The molecule has 2 atom stereocenters. The van der Waals surface area contributed by atoms with Gasteiger partial charge in [0.15, 0.2) is 5.78 Å². The van der Waals surface area contributed by atoms with E-state index in [1.54, 1.807) is 0 Å². The first-order valence-electron chi connectivity index (χ1n) is 11.7.